The fourth-order valence-corrected chi connectivity index (χ4v) is 2.40. The standard InChI is InChI=1S/C16H18N4/c1-12-15-10-14(11-18-16(15)20(2)19-12)17-9-8-13-6-4-3-5-7-13/h3-7,10-11,17H,8-9H2,1-2H3. The van der Waals surface area contributed by atoms with Gasteiger partial charge in [0.1, 0.15) is 0 Å². The van der Waals surface area contributed by atoms with Crippen LogP contribution in [-0.2, 0) is 13.5 Å². The summed E-state index contributed by atoms with van der Waals surface area (Å²) in [5, 5.41) is 8.92. The highest BCUT2D eigenvalue weighted by Crippen LogP contribution is 2.19. The van der Waals surface area contributed by atoms with E-state index in [0.717, 1.165) is 35.4 Å². The lowest BCUT2D eigenvalue weighted by Crippen LogP contribution is -2.05. The summed E-state index contributed by atoms with van der Waals surface area (Å²) < 4.78 is 1.82. The molecular formula is C16H18N4. The molecule has 2 heterocycles. The highest BCUT2D eigenvalue weighted by atomic mass is 15.3. The average molecular weight is 266 g/mol. The maximum atomic E-state index is 4.47. The number of rotatable bonds is 4. The van der Waals surface area contributed by atoms with E-state index in [1.165, 1.54) is 5.56 Å². The van der Waals surface area contributed by atoms with Crippen LogP contribution in [0.5, 0.6) is 0 Å². The summed E-state index contributed by atoms with van der Waals surface area (Å²) in [4.78, 5) is 4.47. The molecular weight excluding hydrogens is 248 g/mol. The molecule has 1 aromatic carbocycles. The van der Waals surface area contributed by atoms with Crippen LogP contribution >= 0.6 is 0 Å². The minimum atomic E-state index is 0.899. The van der Waals surface area contributed by atoms with Crippen molar-refractivity contribution >= 4 is 16.7 Å². The first-order valence-electron chi connectivity index (χ1n) is 6.81. The van der Waals surface area contributed by atoms with E-state index in [1.807, 2.05) is 30.9 Å². The number of pyridine rings is 1. The minimum absolute atomic E-state index is 0.899. The van der Waals surface area contributed by atoms with Crippen molar-refractivity contribution in [2.75, 3.05) is 11.9 Å². The van der Waals surface area contributed by atoms with Crippen molar-refractivity contribution in [1.82, 2.24) is 14.8 Å². The lowest BCUT2D eigenvalue weighted by molar-refractivity contribution is 0.774. The molecule has 102 valence electrons. The van der Waals surface area contributed by atoms with E-state index in [1.54, 1.807) is 0 Å². The summed E-state index contributed by atoms with van der Waals surface area (Å²) in [6.45, 7) is 2.91. The first kappa shape index (κ1) is 12.7. The molecule has 4 heteroatoms. The molecule has 20 heavy (non-hydrogen) atoms. The molecule has 0 fully saturated rings. The van der Waals surface area contributed by atoms with Crippen molar-refractivity contribution in [3.8, 4) is 0 Å². The topological polar surface area (TPSA) is 42.7 Å². The SMILES string of the molecule is Cc1nn(C)c2ncc(NCCc3ccccc3)cc12. The molecule has 2 aromatic heterocycles. The number of nitrogens with zero attached hydrogens (tertiary/aromatic N) is 3. The molecule has 3 rings (SSSR count). The largest absolute Gasteiger partial charge is 0.383 e. The third kappa shape index (κ3) is 2.50. The van der Waals surface area contributed by atoms with Crippen LogP contribution < -0.4 is 5.32 Å². The molecule has 0 atom stereocenters. The molecule has 0 spiro atoms. The van der Waals surface area contributed by atoms with Gasteiger partial charge in [-0.3, -0.25) is 4.68 Å². The summed E-state index contributed by atoms with van der Waals surface area (Å²) in [5.41, 5.74) is 4.33. The Hall–Kier alpha value is -2.36. The van der Waals surface area contributed by atoms with Crippen molar-refractivity contribution < 1.29 is 0 Å². The normalized spacial score (nSPS) is 10.9. The van der Waals surface area contributed by atoms with Crippen LogP contribution in [0.2, 0.25) is 0 Å². The highest BCUT2D eigenvalue weighted by molar-refractivity contribution is 5.81. The first-order chi connectivity index (χ1) is 9.74. The summed E-state index contributed by atoms with van der Waals surface area (Å²) in [5.74, 6) is 0. The predicted octanol–water partition coefficient (Wildman–Crippen LogP) is 2.93. The van der Waals surface area contributed by atoms with E-state index in [9.17, 15) is 0 Å². The maximum Gasteiger partial charge on any atom is 0.157 e. The predicted molar refractivity (Wildman–Crippen MR) is 81.9 cm³/mol. The third-order valence-corrected chi connectivity index (χ3v) is 3.45. The van der Waals surface area contributed by atoms with Crippen molar-refractivity contribution in [3.05, 3.63) is 53.9 Å². The zero-order valence-corrected chi connectivity index (χ0v) is 11.8. The fourth-order valence-electron chi connectivity index (χ4n) is 2.40. The number of hydrogen-bond donors (Lipinski definition) is 1. The molecule has 1 N–H and O–H groups in total. The number of aryl methyl sites for hydroxylation is 2. The van der Waals surface area contributed by atoms with Crippen molar-refractivity contribution in [2.45, 2.75) is 13.3 Å². The van der Waals surface area contributed by atoms with Gasteiger partial charge in [0.2, 0.25) is 0 Å². The molecule has 0 radical (unpaired) electrons. The van der Waals surface area contributed by atoms with E-state index >= 15 is 0 Å². The molecule has 0 aliphatic rings. The molecule has 3 aromatic rings. The molecule has 0 saturated heterocycles. The smallest absolute Gasteiger partial charge is 0.157 e. The van der Waals surface area contributed by atoms with E-state index in [-0.39, 0.29) is 0 Å². The third-order valence-electron chi connectivity index (χ3n) is 3.45. The van der Waals surface area contributed by atoms with Gasteiger partial charge < -0.3 is 5.32 Å². The van der Waals surface area contributed by atoms with Crippen molar-refractivity contribution in [3.63, 3.8) is 0 Å². The van der Waals surface area contributed by atoms with Gasteiger partial charge in [0.05, 0.1) is 17.6 Å². The van der Waals surface area contributed by atoms with Crippen molar-refractivity contribution in [1.29, 1.82) is 0 Å². The van der Waals surface area contributed by atoms with Gasteiger partial charge in [-0.15, -0.1) is 0 Å². The van der Waals surface area contributed by atoms with Crippen LogP contribution in [0.15, 0.2) is 42.6 Å². The fraction of sp³-hybridized carbons (Fsp3) is 0.250. The first-order valence-corrected chi connectivity index (χ1v) is 6.81. The highest BCUT2D eigenvalue weighted by Gasteiger charge is 2.06. The van der Waals surface area contributed by atoms with Gasteiger partial charge in [0, 0.05) is 19.0 Å². The summed E-state index contributed by atoms with van der Waals surface area (Å²) >= 11 is 0. The minimum Gasteiger partial charge on any atom is -0.383 e. The molecule has 0 unspecified atom stereocenters. The number of hydrogen-bond acceptors (Lipinski definition) is 3. The number of anilines is 1. The Kier molecular flexibility index (Phi) is 3.37. The van der Waals surface area contributed by atoms with E-state index in [2.05, 4.69) is 45.7 Å². The van der Waals surface area contributed by atoms with E-state index in [4.69, 9.17) is 0 Å². The molecule has 0 bridgehead atoms. The number of fused-ring (bicyclic) bond motifs is 1. The van der Waals surface area contributed by atoms with Crippen LogP contribution in [-0.4, -0.2) is 21.3 Å². The van der Waals surface area contributed by atoms with Gasteiger partial charge >= 0.3 is 0 Å². The number of aromatic nitrogens is 3. The Labute approximate surface area is 118 Å². The second-order valence-electron chi connectivity index (χ2n) is 4.97. The number of benzene rings is 1. The summed E-state index contributed by atoms with van der Waals surface area (Å²) in [6, 6.07) is 12.6. The summed E-state index contributed by atoms with van der Waals surface area (Å²) in [7, 11) is 1.92. The van der Waals surface area contributed by atoms with Crippen LogP contribution in [0.25, 0.3) is 11.0 Å². The zero-order chi connectivity index (χ0) is 13.9. The number of nitrogens with one attached hydrogen (secondary N) is 1. The Morgan fingerprint density at radius 2 is 2.00 bits per heavy atom. The van der Waals surface area contributed by atoms with Gasteiger partial charge in [-0.2, -0.15) is 5.10 Å². The average Bonchev–Trinajstić information content (AvgIpc) is 2.75. The molecule has 0 saturated carbocycles. The van der Waals surface area contributed by atoms with Gasteiger partial charge in [-0.1, -0.05) is 30.3 Å². The Bertz CT molecular complexity index is 716. The Morgan fingerprint density at radius 1 is 1.20 bits per heavy atom. The maximum absolute atomic E-state index is 4.47. The second kappa shape index (κ2) is 5.33. The lowest BCUT2D eigenvalue weighted by Gasteiger charge is -2.06. The van der Waals surface area contributed by atoms with Gasteiger partial charge in [-0.25, -0.2) is 4.98 Å². The monoisotopic (exact) mass is 266 g/mol. The van der Waals surface area contributed by atoms with Crippen LogP contribution in [0.3, 0.4) is 0 Å². The summed E-state index contributed by atoms with van der Waals surface area (Å²) in [6.07, 6.45) is 2.87. The Balaban J connectivity index is 1.70. The van der Waals surface area contributed by atoms with Gasteiger partial charge in [-0.05, 0) is 25.0 Å². The van der Waals surface area contributed by atoms with Crippen molar-refractivity contribution in [2.24, 2.45) is 7.05 Å². The molecule has 0 aliphatic carbocycles. The van der Waals surface area contributed by atoms with Crippen LogP contribution in [0, 0.1) is 6.92 Å². The van der Waals surface area contributed by atoms with Gasteiger partial charge in [0.15, 0.2) is 5.65 Å². The Morgan fingerprint density at radius 3 is 2.80 bits per heavy atom. The quantitative estimate of drug-likeness (QED) is 0.789. The van der Waals surface area contributed by atoms with Crippen LogP contribution in [0.4, 0.5) is 5.69 Å². The molecule has 0 amide bonds. The zero-order valence-electron chi connectivity index (χ0n) is 11.8. The van der Waals surface area contributed by atoms with E-state index < -0.39 is 0 Å². The van der Waals surface area contributed by atoms with Gasteiger partial charge in [0.25, 0.3) is 0 Å². The second-order valence-corrected chi connectivity index (χ2v) is 4.97. The van der Waals surface area contributed by atoms with E-state index in [0.29, 0.717) is 0 Å². The molecule has 0 aliphatic heterocycles. The molecule has 4 nitrogen and oxygen atoms in total. The van der Waals surface area contributed by atoms with Crippen LogP contribution in [0.1, 0.15) is 11.3 Å². The lowest BCUT2D eigenvalue weighted by atomic mass is 10.1.